The summed E-state index contributed by atoms with van der Waals surface area (Å²) in [6.45, 7) is 3.23. The number of hydrogen-bond acceptors (Lipinski definition) is 4. The summed E-state index contributed by atoms with van der Waals surface area (Å²) < 4.78 is 2.60. The molecule has 1 rings (SSSR count). The molecule has 1 heterocycles. The van der Waals surface area contributed by atoms with Gasteiger partial charge in [0.2, 0.25) is 0 Å². The summed E-state index contributed by atoms with van der Waals surface area (Å²) in [5.74, 6) is -1.11. The molecule has 8 nitrogen and oxygen atoms in total. The summed E-state index contributed by atoms with van der Waals surface area (Å²) in [5, 5.41) is 8.57. The second-order valence-corrected chi connectivity index (χ2v) is 3.63. The number of aromatic nitrogens is 3. The molecular weight excluding hydrogens is 242 g/mol. The van der Waals surface area contributed by atoms with E-state index in [4.69, 9.17) is 5.11 Å². The maximum Gasteiger partial charge on any atom is 0.336 e. The van der Waals surface area contributed by atoms with E-state index in [1.165, 1.54) is 0 Å². The van der Waals surface area contributed by atoms with Gasteiger partial charge in [-0.15, -0.1) is 0 Å². The van der Waals surface area contributed by atoms with E-state index in [0.717, 1.165) is 13.7 Å². The smallest absolute Gasteiger partial charge is 0.336 e. The van der Waals surface area contributed by atoms with E-state index in [1.54, 1.807) is 13.8 Å². The first-order valence-corrected chi connectivity index (χ1v) is 5.60. The number of carbonyl (C=O) groups is 1. The van der Waals surface area contributed by atoms with Gasteiger partial charge < -0.3 is 5.11 Å². The maximum atomic E-state index is 11.8. The molecule has 1 aromatic rings. The summed E-state index contributed by atoms with van der Waals surface area (Å²) in [4.78, 5) is 45.9. The molecule has 8 heteroatoms. The third kappa shape index (κ3) is 2.41. The molecule has 0 spiro atoms. The molecule has 100 valence electrons. The van der Waals surface area contributed by atoms with Crippen molar-refractivity contribution in [3.05, 3.63) is 31.5 Å². The maximum absolute atomic E-state index is 11.8. The minimum absolute atomic E-state index is 0.130. The van der Waals surface area contributed by atoms with Crippen LogP contribution in [0.15, 0.2) is 14.4 Å². The average molecular weight is 257 g/mol. The Kier molecular flexibility index (Phi) is 4.24. The van der Waals surface area contributed by atoms with Gasteiger partial charge in [0, 0.05) is 19.6 Å². The van der Waals surface area contributed by atoms with E-state index in [9.17, 15) is 19.2 Å². The van der Waals surface area contributed by atoms with Gasteiger partial charge in [-0.2, -0.15) is 0 Å². The van der Waals surface area contributed by atoms with E-state index < -0.39 is 23.0 Å². The molecular formula is C10H15N3O5. The largest absolute Gasteiger partial charge is 0.481 e. The Morgan fingerprint density at radius 1 is 0.944 bits per heavy atom. The highest BCUT2D eigenvalue weighted by atomic mass is 16.4. The summed E-state index contributed by atoms with van der Waals surface area (Å²) in [5.41, 5.74) is -2.20. The summed E-state index contributed by atoms with van der Waals surface area (Å²) in [6.07, 6.45) is -0.346. The van der Waals surface area contributed by atoms with Crippen LogP contribution in [0.25, 0.3) is 0 Å². The van der Waals surface area contributed by atoms with Crippen LogP contribution < -0.4 is 17.1 Å². The van der Waals surface area contributed by atoms with Crippen LogP contribution in [0.1, 0.15) is 20.3 Å². The Bertz CT molecular complexity index is 580. The fourth-order valence-corrected chi connectivity index (χ4v) is 1.62. The standard InChI is InChI=1S/C10H15N3O5/c1-3-11-8(16)12(4-2)10(18)13(9(11)17)6-5-7(14)15/h3-6H2,1-2H3,(H,14,15). The molecule has 0 aliphatic rings. The summed E-state index contributed by atoms with van der Waals surface area (Å²) >= 11 is 0. The lowest BCUT2D eigenvalue weighted by Crippen LogP contribution is -2.54. The number of carboxylic acid groups (broad SMARTS) is 1. The van der Waals surface area contributed by atoms with Gasteiger partial charge in [0.1, 0.15) is 0 Å². The minimum atomic E-state index is -1.11. The first-order valence-electron chi connectivity index (χ1n) is 5.60. The Morgan fingerprint density at radius 3 is 1.67 bits per heavy atom. The number of hydrogen-bond donors (Lipinski definition) is 1. The fraction of sp³-hybridized carbons (Fsp3) is 0.600. The monoisotopic (exact) mass is 257 g/mol. The Labute approximate surface area is 102 Å². The lowest BCUT2D eigenvalue weighted by molar-refractivity contribution is -0.137. The molecule has 0 aromatic carbocycles. The van der Waals surface area contributed by atoms with Crippen LogP contribution in [0, 0.1) is 0 Å². The van der Waals surface area contributed by atoms with Crippen molar-refractivity contribution >= 4 is 5.97 Å². The SMILES string of the molecule is CCn1c(=O)n(CC)c(=O)n(CCC(=O)O)c1=O. The number of aliphatic carboxylic acids is 1. The van der Waals surface area contributed by atoms with Crippen LogP contribution in [0.2, 0.25) is 0 Å². The molecule has 0 fully saturated rings. The fourth-order valence-electron chi connectivity index (χ4n) is 1.62. The minimum Gasteiger partial charge on any atom is -0.481 e. The zero-order valence-electron chi connectivity index (χ0n) is 10.3. The van der Waals surface area contributed by atoms with Crippen molar-refractivity contribution in [2.24, 2.45) is 0 Å². The normalized spacial score (nSPS) is 10.6. The molecule has 1 aromatic heterocycles. The van der Waals surface area contributed by atoms with Gasteiger partial charge in [0.15, 0.2) is 0 Å². The molecule has 0 radical (unpaired) electrons. The van der Waals surface area contributed by atoms with E-state index in [0.29, 0.717) is 0 Å². The molecule has 0 atom stereocenters. The van der Waals surface area contributed by atoms with Crippen LogP contribution in [-0.2, 0) is 24.4 Å². The highest BCUT2D eigenvalue weighted by Crippen LogP contribution is 1.83. The number of carboxylic acids is 1. The van der Waals surface area contributed by atoms with Crippen molar-refractivity contribution in [2.75, 3.05) is 0 Å². The molecule has 0 unspecified atom stereocenters. The molecule has 0 amide bonds. The van der Waals surface area contributed by atoms with Crippen molar-refractivity contribution in [3.63, 3.8) is 0 Å². The van der Waals surface area contributed by atoms with Crippen LogP contribution in [-0.4, -0.2) is 24.8 Å². The van der Waals surface area contributed by atoms with Gasteiger partial charge in [-0.05, 0) is 13.8 Å². The van der Waals surface area contributed by atoms with Gasteiger partial charge in [-0.3, -0.25) is 4.79 Å². The van der Waals surface area contributed by atoms with E-state index >= 15 is 0 Å². The molecule has 0 saturated heterocycles. The predicted octanol–water partition coefficient (Wildman–Crippen LogP) is -1.31. The van der Waals surface area contributed by atoms with Gasteiger partial charge in [0.05, 0.1) is 6.42 Å². The van der Waals surface area contributed by atoms with Crippen molar-refractivity contribution in [3.8, 4) is 0 Å². The number of nitrogens with zero attached hydrogens (tertiary/aromatic N) is 3. The molecule has 1 N–H and O–H groups in total. The highest BCUT2D eigenvalue weighted by molar-refractivity contribution is 5.66. The second kappa shape index (κ2) is 5.48. The van der Waals surface area contributed by atoms with Crippen LogP contribution in [0.5, 0.6) is 0 Å². The lowest BCUT2D eigenvalue weighted by atomic mass is 10.4. The van der Waals surface area contributed by atoms with Crippen LogP contribution in [0.3, 0.4) is 0 Å². The molecule has 18 heavy (non-hydrogen) atoms. The van der Waals surface area contributed by atoms with Crippen molar-refractivity contribution in [2.45, 2.75) is 39.9 Å². The topological polar surface area (TPSA) is 103 Å². The highest BCUT2D eigenvalue weighted by Gasteiger charge is 2.13. The first kappa shape index (κ1) is 13.9. The van der Waals surface area contributed by atoms with Crippen molar-refractivity contribution in [1.82, 2.24) is 13.7 Å². The van der Waals surface area contributed by atoms with Crippen LogP contribution >= 0.6 is 0 Å². The summed E-state index contributed by atoms with van der Waals surface area (Å²) in [6, 6.07) is 0. The van der Waals surface area contributed by atoms with Gasteiger partial charge in [-0.25, -0.2) is 28.1 Å². The first-order chi connectivity index (χ1) is 8.43. The van der Waals surface area contributed by atoms with Gasteiger partial charge in [-0.1, -0.05) is 0 Å². The lowest BCUT2D eigenvalue weighted by Gasteiger charge is -2.10. The zero-order valence-corrected chi connectivity index (χ0v) is 10.3. The van der Waals surface area contributed by atoms with E-state index in [2.05, 4.69) is 0 Å². The Morgan fingerprint density at radius 2 is 1.33 bits per heavy atom. The molecule has 0 saturated carbocycles. The molecule has 0 aliphatic carbocycles. The second-order valence-electron chi connectivity index (χ2n) is 3.63. The van der Waals surface area contributed by atoms with E-state index in [-0.39, 0.29) is 26.1 Å². The van der Waals surface area contributed by atoms with Gasteiger partial charge >= 0.3 is 23.0 Å². The van der Waals surface area contributed by atoms with Crippen LogP contribution in [0.4, 0.5) is 0 Å². The average Bonchev–Trinajstić information content (AvgIpc) is 2.29. The van der Waals surface area contributed by atoms with Crippen molar-refractivity contribution < 1.29 is 9.90 Å². The predicted molar refractivity (Wildman–Crippen MR) is 62.8 cm³/mol. The molecule has 0 aliphatic heterocycles. The van der Waals surface area contributed by atoms with Gasteiger partial charge in [0.25, 0.3) is 0 Å². The zero-order chi connectivity index (χ0) is 13.9. The molecule has 0 bridgehead atoms. The third-order valence-electron chi connectivity index (χ3n) is 2.57. The Balaban J connectivity index is 3.51. The number of rotatable bonds is 5. The quantitative estimate of drug-likeness (QED) is 0.705. The Hall–Kier alpha value is -2.12. The summed E-state index contributed by atoms with van der Waals surface area (Å²) in [7, 11) is 0. The van der Waals surface area contributed by atoms with Crippen molar-refractivity contribution in [1.29, 1.82) is 0 Å². The third-order valence-corrected chi connectivity index (χ3v) is 2.57. The van der Waals surface area contributed by atoms with E-state index in [1.807, 2.05) is 0 Å².